The number of anilines is 1. The smallest absolute Gasteiger partial charge is 0.258 e. The first-order chi connectivity index (χ1) is 12.9. The summed E-state index contributed by atoms with van der Waals surface area (Å²) in [5.41, 5.74) is 8.13. The summed E-state index contributed by atoms with van der Waals surface area (Å²) in [5, 5.41) is 10.1. The summed E-state index contributed by atoms with van der Waals surface area (Å²) in [4.78, 5) is 20.9. The number of aromatic nitrogens is 2. The molecule has 7 nitrogen and oxygen atoms in total. The summed E-state index contributed by atoms with van der Waals surface area (Å²) in [6, 6.07) is 15.7. The Morgan fingerprint density at radius 2 is 1.78 bits per heavy atom. The van der Waals surface area contributed by atoms with Crippen molar-refractivity contribution in [1.29, 1.82) is 5.41 Å². The number of nitrogens with one attached hydrogen (secondary N) is 2. The molecule has 7 heteroatoms. The van der Waals surface area contributed by atoms with Crippen molar-refractivity contribution in [1.82, 2.24) is 9.97 Å². The standard InChI is InChI=1S/C20H19N5O2/c1-12-5-3-4-6-16(12)19(26)25-20-23-13(2)11-17(24-20)27-15-9-7-14(8-10-15)18(21)22/h3-11H,1-2H3,(H3,21,22)(H,23,24,25,26). The van der Waals surface area contributed by atoms with Gasteiger partial charge < -0.3 is 10.5 Å². The molecule has 3 rings (SSSR count). The fourth-order valence-electron chi connectivity index (χ4n) is 2.47. The van der Waals surface area contributed by atoms with Gasteiger partial charge in [-0.1, -0.05) is 18.2 Å². The highest BCUT2D eigenvalue weighted by Crippen LogP contribution is 2.22. The van der Waals surface area contributed by atoms with E-state index in [2.05, 4.69) is 15.3 Å². The number of hydrogen-bond donors (Lipinski definition) is 3. The van der Waals surface area contributed by atoms with Crippen molar-refractivity contribution in [2.45, 2.75) is 13.8 Å². The Morgan fingerprint density at radius 1 is 1.07 bits per heavy atom. The van der Waals surface area contributed by atoms with Crippen molar-refractivity contribution in [3.63, 3.8) is 0 Å². The summed E-state index contributed by atoms with van der Waals surface area (Å²) in [6.45, 7) is 3.65. The van der Waals surface area contributed by atoms with E-state index in [4.69, 9.17) is 15.9 Å². The zero-order valence-electron chi connectivity index (χ0n) is 15.0. The van der Waals surface area contributed by atoms with Gasteiger partial charge in [0, 0.05) is 22.9 Å². The third-order valence-electron chi connectivity index (χ3n) is 3.83. The van der Waals surface area contributed by atoms with Crippen molar-refractivity contribution >= 4 is 17.7 Å². The number of nitrogens with zero attached hydrogens (tertiary/aromatic N) is 2. The number of hydrogen-bond acceptors (Lipinski definition) is 5. The maximum absolute atomic E-state index is 12.5. The molecule has 0 aliphatic rings. The van der Waals surface area contributed by atoms with E-state index in [1.165, 1.54) is 0 Å². The number of nitrogens with two attached hydrogens (primary N) is 1. The van der Waals surface area contributed by atoms with E-state index in [0.29, 0.717) is 28.5 Å². The van der Waals surface area contributed by atoms with E-state index in [9.17, 15) is 4.79 Å². The molecule has 1 aromatic heterocycles. The van der Waals surface area contributed by atoms with Crippen molar-refractivity contribution in [3.8, 4) is 11.6 Å². The van der Waals surface area contributed by atoms with E-state index >= 15 is 0 Å². The van der Waals surface area contributed by atoms with Crippen LogP contribution in [-0.4, -0.2) is 21.7 Å². The van der Waals surface area contributed by atoms with Crippen LogP contribution in [0.5, 0.6) is 11.6 Å². The van der Waals surface area contributed by atoms with Crippen molar-refractivity contribution < 1.29 is 9.53 Å². The van der Waals surface area contributed by atoms with Gasteiger partial charge in [0.2, 0.25) is 11.8 Å². The van der Waals surface area contributed by atoms with Gasteiger partial charge in [-0.25, -0.2) is 4.98 Å². The van der Waals surface area contributed by atoms with E-state index in [1.54, 1.807) is 49.4 Å². The van der Waals surface area contributed by atoms with Crippen LogP contribution in [0.15, 0.2) is 54.6 Å². The second-order valence-corrected chi connectivity index (χ2v) is 5.98. The first-order valence-corrected chi connectivity index (χ1v) is 8.27. The first-order valence-electron chi connectivity index (χ1n) is 8.27. The van der Waals surface area contributed by atoms with Gasteiger partial charge in [-0.3, -0.25) is 15.5 Å². The lowest BCUT2D eigenvalue weighted by atomic mass is 10.1. The minimum Gasteiger partial charge on any atom is -0.439 e. The second-order valence-electron chi connectivity index (χ2n) is 5.98. The highest BCUT2D eigenvalue weighted by molar-refractivity contribution is 6.04. The Morgan fingerprint density at radius 3 is 2.44 bits per heavy atom. The topological polar surface area (TPSA) is 114 Å². The number of benzene rings is 2. The van der Waals surface area contributed by atoms with Gasteiger partial charge in [0.05, 0.1) is 0 Å². The van der Waals surface area contributed by atoms with Crippen LogP contribution in [0.2, 0.25) is 0 Å². The second kappa shape index (κ2) is 7.65. The van der Waals surface area contributed by atoms with Crippen molar-refractivity contribution in [2.24, 2.45) is 5.73 Å². The number of aryl methyl sites for hydroxylation is 2. The maximum atomic E-state index is 12.5. The molecule has 27 heavy (non-hydrogen) atoms. The summed E-state index contributed by atoms with van der Waals surface area (Å²) in [7, 11) is 0. The van der Waals surface area contributed by atoms with Gasteiger partial charge in [-0.15, -0.1) is 0 Å². The molecule has 0 aliphatic carbocycles. The molecule has 0 unspecified atom stereocenters. The highest BCUT2D eigenvalue weighted by Gasteiger charge is 2.12. The van der Waals surface area contributed by atoms with Crippen LogP contribution in [0.3, 0.4) is 0 Å². The van der Waals surface area contributed by atoms with Crippen molar-refractivity contribution in [3.05, 3.63) is 77.0 Å². The molecule has 1 heterocycles. The fourth-order valence-corrected chi connectivity index (χ4v) is 2.47. The van der Waals surface area contributed by atoms with Gasteiger partial charge in [-0.05, 0) is 49.7 Å². The van der Waals surface area contributed by atoms with Gasteiger partial charge in [0.25, 0.3) is 5.91 Å². The van der Waals surface area contributed by atoms with E-state index < -0.39 is 0 Å². The number of nitrogen functional groups attached to an aromatic ring is 1. The molecule has 0 atom stereocenters. The van der Waals surface area contributed by atoms with E-state index in [0.717, 1.165) is 5.56 Å². The minimum atomic E-state index is -0.282. The Balaban J connectivity index is 1.79. The van der Waals surface area contributed by atoms with Gasteiger partial charge in [-0.2, -0.15) is 4.98 Å². The lowest BCUT2D eigenvalue weighted by Crippen LogP contribution is -2.15. The molecule has 0 spiro atoms. The number of carbonyl (C=O) groups excluding carboxylic acids is 1. The average Bonchev–Trinajstić information content (AvgIpc) is 2.62. The monoisotopic (exact) mass is 361 g/mol. The number of rotatable bonds is 5. The normalized spacial score (nSPS) is 10.3. The van der Waals surface area contributed by atoms with Crippen LogP contribution in [0.25, 0.3) is 0 Å². The average molecular weight is 361 g/mol. The zero-order chi connectivity index (χ0) is 19.4. The van der Waals surface area contributed by atoms with Crippen LogP contribution in [0, 0.1) is 19.3 Å². The Labute approximate surface area is 156 Å². The minimum absolute atomic E-state index is 0.0133. The van der Waals surface area contributed by atoms with Crippen LogP contribution in [0.1, 0.15) is 27.2 Å². The summed E-state index contributed by atoms with van der Waals surface area (Å²) < 4.78 is 5.73. The number of ether oxygens (including phenoxy) is 1. The largest absolute Gasteiger partial charge is 0.439 e. The first kappa shape index (κ1) is 18.1. The van der Waals surface area contributed by atoms with E-state index in [-0.39, 0.29) is 17.7 Å². The maximum Gasteiger partial charge on any atom is 0.258 e. The predicted molar refractivity (Wildman–Crippen MR) is 103 cm³/mol. The SMILES string of the molecule is Cc1cc(Oc2ccc(C(=N)N)cc2)nc(NC(=O)c2ccccc2C)n1. The number of amidine groups is 1. The summed E-state index contributed by atoms with van der Waals surface area (Å²) >= 11 is 0. The van der Waals surface area contributed by atoms with E-state index in [1.807, 2.05) is 19.1 Å². The number of carbonyl (C=O) groups is 1. The third-order valence-corrected chi connectivity index (χ3v) is 3.83. The molecule has 1 amide bonds. The lowest BCUT2D eigenvalue weighted by Gasteiger charge is -2.10. The summed E-state index contributed by atoms with van der Waals surface area (Å²) in [5.74, 6) is 0.710. The molecule has 0 radical (unpaired) electrons. The van der Waals surface area contributed by atoms with Crippen molar-refractivity contribution in [2.75, 3.05) is 5.32 Å². The molecule has 3 aromatic rings. The van der Waals surface area contributed by atoms with Gasteiger partial charge in [0.15, 0.2) is 0 Å². The molecule has 0 aliphatic heterocycles. The Kier molecular flexibility index (Phi) is 5.12. The fraction of sp³-hybridized carbons (Fsp3) is 0.100. The van der Waals surface area contributed by atoms with Crippen LogP contribution in [-0.2, 0) is 0 Å². The number of amides is 1. The van der Waals surface area contributed by atoms with Crippen LogP contribution in [0.4, 0.5) is 5.95 Å². The zero-order valence-corrected chi connectivity index (χ0v) is 15.0. The van der Waals surface area contributed by atoms with Crippen LogP contribution < -0.4 is 15.8 Å². The Hall–Kier alpha value is -3.74. The molecule has 0 saturated heterocycles. The molecule has 136 valence electrons. The molecule has 0 saturated carbocycles. The Bertz CT molecular complexity index is 1000. The molecule has 2 aromatic carbocycles. The van der Waals surface area contributed by atoms with Crippen LogP contribution >= 0.6 is 0 Å². The molecule has 4 N–H and O–H groups in total. The molecular weight excluding hydrogens is 342 g/mol. The third kappa shape index (κ3) is 4.46. The summed E-state index contributed by atoms with van der Waals surface area (Å²) in [6.07, 6.45) is 0. The quantitative estimate of drug-likeness (QED) is 0.476. The molecule has 0 bridgehead atoms. The lowest BCUT2D eigenvalue weighted by molar-refractivity contribution is 0.102. The van der Waals surface area contributed by atoms with Gasteiger partial charge >= 0.3 is 0 Å². The predicted octanol–water partition coefficient (Wildman–Crippen LogP) is 3.42. The molecular formula is C20H19N5O2. The highest BCUT2D eigenvalue weighted by atomic mass is 16.5. The van der Waals surface area contributed by atoms with Gasteiger partial charge in [0.1, 0.15) is 11.6 Å². The molecule has 0 fully saturated rings.